The van der Waals surface area contributed by atoms with Crippen molar-refractivity contribution < 1.29 is 17.7 Å². The van der Waals surface area contributed by atoms with E-state index in [4.69, 9.17) is 4.74 Å². The molecule has 0 spiro atoms. The van der Waals surface area contributed by atoms with Gasteiger partial charge in [-0.25, -0.2) is 8.78 Å². The Morgan fingerprint density at radius 1 is 1.40 bits per heavy atom. The average molecular weight is 302 g/mol. The first-order valence-corrected chi connectivity index (χ1v) is 8.43. The maximum Gasteiger partial charge on any atom is 0.130 e. The van der Waals surface area contributed by atoms with Crippen LogP contribution in [0.15, 0.2) is 18.2 Å². The van der Waals surface area contributed by atoms with E-state index in [9.17, 15) is 13.0 Å². The Morgan fingerprint density at radius 2 is 2.20 bits per heavy atom. The molecule has 0 aromatic heterocycles. The van der Waals surface area contributed by atoms with Gasteiger partial charge in [0.25, 0.3) is 0 Å². The van der Waals surface area contributed by atoms with Gasteiger partial charge in [0.2, 0.25) is 0 Å². The second-order valence-electron chi connectivity index (χ2n) is 5.10. The van der Waals surface area contributed by atoms with Crippen LogP contribution >= 0.6 is 0 Å². The van der Waals surface area contributed by atoms with Crippen LogP contribution in [-0.2, 0) is 15.5 Å². The molecular weight excluding hydrogens is 282 g/mol. The molecule has 0 amide bonds. The predicted molar refractivity (Wildman–Crippen MR) is 76.0 cm³/mol. The molecule has 5 heteroatoms. The maximum absolute atomic E-state index is 13.8. The quantitative estimate of drug-likeness (QED) is 0.828. The average Bonchev–Trinajstić information content (AvgIpc) is 2.43. The minimum atomic E-state index is -1.21. The maximum atomic E-state index is 13.8. The monoisotopic (exact) mass is 302 g/mol. The third-order valence-electron chi connectivity index (χ3n) is 3.62. The number of ether oxygens (including phenoxy) is 1. The Bertz CT molecular complexity index is 473. The van der Waals surface area contributed by atoms with Gasteiger partial charge in [0.15, 0.2) is 0 Å². The summed E-state index contributed by atoms with van der Waals surface area (Å²) in [6, 6.07) is 3.47. The van der Waals surface area contributed by atoms with E-state index in [2.05, 4.69) is 0 Å². The third kappa shape index (κ3) is 3.85. The molecule has 0 aliphatic carbocycles. The van der Waals surface area contributed by atoms with E-state index in [1.807, 2.05) is 6.92 Å². The van der Waals surface area contributed by atoms with Gasteiger partial charge in [0.1, 0.15) is 11.6 Å². The molecule has 1 aliphatic heterocycles. The van der Waals surface area contributed by atoms with Crippen molar-refractivity contribution >= 4 is 10.8 Å². The first-order valence-electron chi connectivity index (χ1n) is 7.05. The molecule has 20 heavy (non-hydrogen) atoms. The van der Waals surface area contributed by atoms with Gasteiger partial charge in [-0.1, -0.05) is 13.0 Å². The van der Waals surface area contributed by atoms with Crippen LogP contribution in [0.3, 0.4) is 0 Å². The molecule has 0 saturated carbocycles. The van der Waals surface area contributed by atoms with Gasteiger partial charge < -0.3 is 4.74 Å². The number of benzene rings is 1. The van der Waals surface area contributed by atoms with Crippen LogP contribution < -0.4 is 0 Å². The highest BCUT2D eigenvalue weighted by Crippen LogP contribution is 2.28. The fourth-order valence-electron chi connectivity index (χ4n) is 2.55. The van der Waals surface area contributed by atoms with Crippen LogP contribution in [0.4, 0.5) is 8.78 Å². The van der Waals surface area contributed by atoms with E-state index in [-0.39, 0.29) is 6.10 Å². The van der Waals surface area contributed by atoms with Crippen molar-refractivity contribution in [1.82, 2.24) is 0 Å². The zero-order valence-electron chi connectivity index (χ0n) is 11.6. The summed E-state index contributed by atoms with van der Waals surface area (Å²) >= 11 is 0. The summed E-state index contributed by atoms with van der Waals surface area (Å²) < 4.78 is 44.8. The number of rotatable bonds is 5. The van der Waals surface area contributed by atoms with Gasteiger partial charge in [-0.15, -0.1) is 0 Å². The van der Waals surface area contributed by atoms with Crippen LogP contribution in [0, 0.1) is 11.6 Å². The summed E-state index contributed by atoms with van der Waals surface area (Å²) in [5.74, 6) is -0.799. The van der Waals surface area contributed by atoms with Gasteiger partial charge in [0.05, 0.1) is 17.1 Å². The van der Waals surface area contributed by atoms with E-state index in [0.29, 0.717) is 24.3 Å². The molecule has 0 bridgehead atoms. The van der Waals surface area contributed by atoms with Crippen molar-refractivity contribution in [2.45, 2.75) is 44.0 Å². The number of hydrogen-bond acceptors (Lipinski definition) is 2. The molecular formula is C15H20F2O2S. The second kappa shape index (κ2) is 7.27. The Kier molecular flexibility index (Phi) is 5.66. The Hall–Kier alpha value is -0.810. The van der Waals surface area contributed by atoms with Crippen molar-refractivity contribution in [3.8, 4) is 0 Å². The summed E-state index contributed by atoms with van der Waals surface area (Å²) in [6.45, 7) is 2.58. The van der Waals surface area contributed by atoms with Crippen LogP contribution in [0.5, 0.6) is 0 Å². The fraction of sp³-hybridized carbons (Fsp3) is 0.600. The normalized spacial score (nSPS) is 22.4. The fourth-order valence-corrected chi connectivity index (χ4v) is 4.26. The van der Waals surface area contributed by atoms with E-state index in [0.717, 1.165) is 25.3 Å². The van der Waals surface area contributed by atoms with Crippen LogP contribution in [0.1, 0.15) is 43.4 Å². The highest BCUT2D eigenvalue weighted by molar-refractivity contribution is 7.85. The zero-order valence-corrected chi connectivity index (χ0v) is 12.4. The van der Waals surface area contributed by atoms with Gasteiger partial charge in [-0.2, -0.15) is 0 Å². The van der Waals surface area contributed by atoms with Gasteiger partial charge in [-0.3, -0.25) is 4.21 Å². The molecule has 1 heterocycles. The minimum absolute atomic E-state index is 0.00198. The van der Waals surface area contributed by atoms with Crippen LogP contribution in [-0.4, -0.2) is 22.7 Å². The lowest BCUT2D eigenvalue weighted by molar-refractivity contribution is 0.0309. The molecule has 112 valence electrons. The van der Waals surface area contributed by atoms with Crippen LogP contribution in [0.25, 0.3) is 0 Å². The molecule has 1 fully saturated rings. The first-order chi connectivity index (χ1) is 9.61. The first kappa shape index (κ1) is 15.6. The second-order valence-corrected chi connectivity index (χ2v) is 6.76. The molecule has 0 unspecified atom stereocenters. The Balaban J connectivity index is 2.08. The lowest BCUT2D eigenvalue weighted by atomic mass is 10.1. The lowest BCUT2D eigenvalue weighted by Gasteiger charge is -2.24. The van der Waals surface area contributed by atoms with Gasteiger partial charge in [0, 0.05) is 29.0 Å². The number of halogens is 2. The summed E-state index contributed by atoms with van der Waals surface area (Å²) in [4.78, 5) is 0. The smallest absolute Gasteiger partial charge is 0.130 e. The number of hydrogen-bond donors (Lipinski definition) is 0. The molecule has 2 rings (SSSR count). The highest BCUT2D eigenvalue weighted by atomic mass is 32.2. The SMILES string of the molecule is CC[C@H](c1ccc(F)cc1F)[S@@](=O)C[C@@H]1CCCCO1. The molecule has 2 nitrogen and oxygen atoms in total. The van der Waals surface area contributed by atoms with Crippen molar-refractivity contribution in [3.05, 3.63) is 35.4 Å². The van der Waals surface area contributed by atoms with E-state index >= 15 is 0 Å². The van der Waals surface area contributed by atoms with E-state index in [1.165, 1.54) is 12.1 Å². The summed E-state index contributed by atoms with van der Waals surface area (Å²) in [6.07, 6.45) is 3.61. The molecule has 1 aliphatic rings. The Labute approximate surface area is 121 Å². The van der Waals surface area contributed by atoms with Crippen molar-refractivity contribution in [1.29, 1.82) is 0 Å². The van der Waals surface area contributed by atoms with E-state index in [1.54, 1.807) is 0 Å². The standard InChI is InChI=1S/C15H20F2O2S/c1-2-15(13-7-6-11(16)9-14(13)17)20(18)10-12-5-3-4-8-19-12/h6-7,9,12,15H,2-5,8,10H2,1H3/t12-,15+,20-/m0/s1. The molecule has 0 N–H and O–H groups in total. The van der Waals surface area contributed by atoms with Gasteiger partial charge in [-0.05, 0) is 31.7 Å². The summed E-state index contributed by atoms with van der Waals surface area (Å²) in [5.41, 5.74) is 0.336. The van der Waals surface area contributed by atoms with Crippen molar-refractivity contribution in [2.75, 3.05) is 12.4 Å². The zero-order chi connectivity index (χ0) is 14.5. The highest BCUT2D eigenvalue weighted by Gasteiger charge is 2.25. The summed E-state index contributed by atoms with van der Waals surface area (Å²) in [5, 5.41) is -0.402. The molecule has 1 aromatic carbocycles. The Morgan fingerprint density at radius 3 is 2.80 bits per heavy atom. The van der Waals surface area contributed by atoms with Crippen LogP contribution in [0.2, 0.25) is 0 Å². The molecule has 1 saturated heterocycles. The van der Waals surface area contributed by atoms with Gasteiger partial charge >= 0.3 is 0 Å². The van der Waals surface area contributed by atoms with Crippen molar-refractivity contribution in [2.24, 2.45) is 0 Å². The minimum Gasteiger partial charge on any atom is -0.377 e. The van der Waals surface area contributed by atoms with E-state index < -0.39 is 27.7 Å². The predicted octanol–water partition coefficient (Wildman–Crippen LogP) is 3.73. The summed E-state index contributed by atoms with van der Waals surface area (Å²) in [7, 11) is -1.21. The molecule has 1 aromatic rings. The third-order valence-corrected chi connectivity index (χ3v) is 5.54. The largest absolute Gasteiger partial charge is 0.377 e. The molecule has 3 atom stereocenters. The topological polar surface area (TPSA) is 26.3 Å². The molecule has 0 radical (unpaired) electrons. The van der Waals surface area contributed by atoms with Crippen molar-refractivity contribution in [3.63, 3.8) is 0 Å². The lowest BCUT2D eigenvalue weighted by Crippen LogP contribution is -2.27.